The molecule has 1 N–H and O–H groups in total. The molecule has 0 aromatic carbocycles. The lowest BCUT2D eigenvalue weighted by Gasteiger charge is -2.37. The van der Waals surface area contributed by atoms with Crippen molar-refractivity contribution in [3.63, 3.8) is 0 Å². The number of halogens is 3. The Hall–Kier alpha value is -0.250. The first kappa shape index (κ1) is 10.3. The van der Waals surface area contributed by atoms with E-state index in [2.05, 4.69) is 0 Å². The molecule has 0 spiro atoms. The van der Waals surface area contributed by atoms with Gasteiger partial charge in [0, 0.05) is 0 Å². The average molecular weight is 208 g/mol. The Morgan fingerprint density at radius 3 is 2.29 bits per heavy atom. The number of rotatable bonds is 1. The van der Waals surface area contributed by atoms with Gasteiger partial charge in [-0.25, -0.2) is 0 Å². The van der Waals surface area contributed by atoms with Gasteiger partial charge < -0.3 is 5.11 Å². The van der Waals surface area contributed by atoms with E-state index in [9.17, 15) is 18.3 Å². The van der Waals surface area contributed by atoms with Crippen LogP contribution in [0.5, 0.6) is 0 Å². The second kappa shape index (κ2) is 3.12. The van der Waals surface area contributed by atoms with E-state index in [-0.39, 0.29) is 18.8 Å². The van der Waals surface area contributed by atoms with Crippen molar-refractivity contribution in [2.24, 2.45) is 11.8 Å². The first-order valence-electron chi connectivity index (χ1n) is 5.21. The van der Waals surface area contributed by atoms with Crippen LogP contribution in [0.25, 0.3) is 0 Å². The molecule has 1 nitrogen and oxygen atoms in total. The molecule has 0 bridgehead atoms. The van der Waals surface area contributed by atoms with Gasteiger partial charge in [0.25, 0.3) is 0 Å². The lowest BCUT2D eigenvalue weighted by atomic mass is 9.75. The summed E-state index contributed by atoms with van der Waals surface area (Å²) in [4.78, 5) is 0. The first-order valence-corrected chi connectivity index (χ1v) is 5.21. The number of alkyl halides is 3. The van der Waals surface area contributed by atoms with E-state index in [4.69, 9.17) is 0 Å². The van der Waals surface area contributed by atoms with Crippen LogP contribution < -0.4 is 0 Å². The van der Waals surface area contributed by atoms with Gasteiger partial charge >= 0.3 is 6.18 Å². The van der Waals surface area contributed by atoms with E-state index in [1.807, 2.05) is 0 Å². The zero-order chi connectivity index (χ0) is 10.4. The van der Waals surface area contributed by atoms with E-state index >= 15 is 0 Å². The minimum absolute atomic E-state index is 0.0683. The molecule has 0 heterocycles. The molecule has 0 aliphatic heterocycles. The Kier molecular flexibility index (Phi) is 2.29. The van der Waals surface area contributed by atoms with Gasteiger partial charge in [-0.1, -0.05) is 0 Å². The molecule has 2 fully saturated rings. The minimum atomic E-state index is -4.12. The first-order chi connectivity index (χ1) is 6.42. The maximum absolute atomic E-state index is 12.5. The molecule has 0 aromatic heterocycles. The zero-order valence-corrected chi connectivity index (χ0v) is 7.98. The normalized spacial score (nSPS) is 39.9. The van der Waals surface area contributed by atoms with E-state index < -0.39 is 17.7 Å². The highest BCUT2D eigenvalue weighted by Crippen LogP contribution is 2.51. The summed E-state index contributed by atoms with van der Waals surface area (Å²) in [7, 11) is 0. The molecule has 0 radical (unpaired) electrons. The van der Waals surface area contributed by atoms with Gasteiger partial charge in [-0.15, -0.1) is 0 Å². The third-order valence-corrected chi connectivity index (χ3v) is 3.56. The van der Waals surface area contributed by atoms with E-state index in [1.54, 1.807) is 0 Å². The Bertz CT molecular complexity index is 222. The summed E-state index contributed by atoms with van der Waals surface area (Å²) in [6.45, 7) is 0. The topological polar surface area (TPSA) is 20.2 Å². The summed E-state index contributed by atoms with van der Waals surface area (Å²) >= 11 is 0. The van der Waals surface area contributed by atoms with Crippen molar-refractivity contribution in [1.82, 2.24) is 0 Å². The van der Waals surface area contributed by atoms with Crippen molar-refractivity contribution in [1.29, 1.82) is 0 Å². The van der Waals surface area contributed by atoms with Crippen molar-refractivity contribution in [3.05, 3.63) is 0 Å². The van der Waals surface area contributed by atoms with Crippen LogP contribution in [0.15, 0.2) is 0 Å². The molecule has 2 atom stereocenters. The molecule has 2 aliphatic rings. The summed E-state index contributed by atoms with van der Waals surface area (Å²) in [5, 5.41) is 10.0. The van der Waals surface area contributed by atoms with Gasteiger partial charge in [0.05, 0.1) is 11.5 Å². The van der Waals surface area contributed by atoms with Gasteiger partial charge in [-0.05, 0) is 44.4 Å². The number of hydrogen-bond donors (Lipinski definition) is 1. The molecule has 2 aliphatic carbocycles. The summed E-state index contributed by atoms with van der Waals surface area (Å²) in [6, 6.07) is 0. The molecule has 2 rings (SSSR count). The van der Waals surface area contributed by atoms with E-state index in [0.29, 0.717) is 12.8 Å². The predicted octanol–water partition coefficient (Wildman–Crippen LogP) is 2.88. The molecule has 2 unspecified atom stereocenters. The lowest BCUT2D eigenvalue weighted by molar-refractivity contribution is -0.202. The Morgan fingerprint density at radius 2 is 1.79 bits per heavy atom. The molecule has 2 saturated carbocycles. The smallest absolute Gasteiger partial charge is 0.390 e. The van der Waals surface area contributed by atoms with Crippen molar-refractivity contribution in [3.8, 4) is 0 Å². The summed E-state index contributed by atoms with van der Waals surface area (Å²) < 4.78 is 37.4. The van der Waals surface area contributed by atoms with Crippen LogP contribution in [0, 0.1) is 11.8 Å². The average Bonchev–Trinajstić information content (AvgIpc) is 2.84. The third-order valence-electron chi connectivity index (χ3n) is 3.56. The second-order valence-corrected chi connectivity index (χ2v) is 4.71. The largest absolute Gasteiger partial charge is 0.391 e. The van der Waals surface area contributed by atoms with Gasteiger partial charge in [0.2, 0.25) is 0 Å². The molecule has 0 amide bonds. The van der Waals surface area contributed by atoms with Crippen molar-refractivity contribution < 1.29 is 18.3 Å². The van der Waals surface area contributed by atoms with Crippen molar-refractivity contribution in [2.45, 2.75) is 50.3 Å². The van der Waals surface area contributed by atoms with Gasteiger partial charge in [-0.2, -0.15) is 13.2 Å². The second-order valence-electron chi connectivity index (χ2n) is 4.71. The fourth-order valence-corrected chi connectivity index (χ4v) is 2.56. The molecular formula is C10H15F3O. The molecule has 0 aromatic rings. The maximum atomic E-state index is 12.5. The van der Waals surface area contributed by atoms with Gasteiger partial charge in [0.1, 0.15) is 0 Å². The molecule has 0 saturated heterocycles. The maximum Gasteiger partial charge on any atom is 0.391 e. The minimum Gasteiger partial charge on any atom is -0.390 e. The fourth-order valence-electron chi connectivity index (χ4n) is 2.56. The van der Waals surface area contributed by atoms with Gasteiger partial charge in [-0.3, -0.25) is 0 Å². The highest BCUT2D eigenvalue weighted by Gasteiger charge is 2.52. The van der Waals surface area contributed by atoms with Crippen molar-refractivity contribution >= 4 is 0 Å². The number of hydrogen-bond acceptors (Lipinski definition) is 1. The molecule has 82 valence electrons. The summed E-state index contributed by atoms with van der Waals surface area (Å²) in [5.41, 5.74) is -1.00. The quantitative estimate of drug-likeness (QED) is 0.702. The molecular weight excluding hydrogens is 193 g/mol. The third kappa shape index (κ3) is 1.90. The van der Waals surface area contributed by atoms with Crippen LogP contribution in [0.1, 0.15) is 38.5 Å². The number of aliphatic hydroxyl groups is 1. The Labute approximate surface area is 81.3 Å². The Morgan fingerprint density at radius 1 is 1.14 bits per heavy atom. The summed E-state index contributed by atoms with van der Waals surface area (Å²) in [5.74, 6) is -1.13. The van der Waals surface area contributed by atoms with Crippen LogP contribution >= 0.6 is 0 Å². The monoisotopic (exact) mass is 208 g/mol. The highest BCUT2D eigenvalue weighted by molar-refractivity contribution is 4.99. The van der Waals surface area contributed by atoms with Crippen LogP contribution in [0.2, 0.25) is 0 Å². The van der Waals surface area contributed by atoms with E-state index in [1.165, 1.54) is 0 Å². The predicted molar refractivity (Wildman–Crippen MR) is 45.7 cm³/mol. The Balaban J connectivity index is 2.03. The van der Waals surface area contributed by atoms with Crippen molar-refractivity contribution in [2.75, 3.05) is 0 Å². The van der Waals surface area contributed by atoms with Crippen LogP contribution in [0.4, 0.5) is 13.2 Å². The van der Waals surface area contributed by atoms with Crippen LogP contribution in [-0.4, -0.2) is 16.9 Å². The van der Waals surface area contributed by atoms with Crippen LogP contribution in [-0.2, 0) is 0 Å². The molecule has 14 heavy (non-hydrogen) atoms. The van der Waals surface area contributed by atoms with Crippen LogP contribution in [0.3, 0.4) is 0 Å². The van der Waals surface area contributed by atoms with Gasteiger partial charge in [0.15, 0.2) is 0 Å². The zero-order valence-electron chi connectivity index (χ0n) is 7.98. The summed E-state index contributed by atoms with van der Waals surface area (Å²) in [6.07, 6.45) is -1.12. The SMILES string of the molecule is OC1(C2CC2)CCCC(C(F)(F)F)C1. The fraction of sp³-hybridized carbons (Fsp3) is 1.00. The lowest BCUT2D eigenvalue weighted by Crippen LogP contribution is -2.41. The highest BCUT2D eigenvalue weighted by atomic mass is 19.4. The molecule has 4 heteroatoms. The standard InChI is InChI=1S/C10H15F3O/c11-10(12,13)8-2-1-5-9(14,6-8)7-3-4-7/h7-8,14H,1-6H2. The van der Waals surface area contributed by atoms with E-state index in [0.717, 1.165) is 12.8 Å².